The van der Waals surface area contributed by atoms with Crippen molar-refractivity contribution in [2.24, 2.45) is 0 Å². The minimum absolute atomic E-state index is 0.348. The molecule has 1 aromatic carbocycles. The van der Waals surface area contributed by atoms with Gasteiger partial charge < -0.3 is 14.2 Å². The largest absolute Gasteiger partial charge is 0.426 e. The molecule has 0 atom stereocenters. The Kier molecular flexibility index (Phi) is 3.48. The second kappa shape index (κ2) is 5.43. The van der Waals surface area contributed by atoms with Crippen LogP contribution in [0.5, 0.6) is 0 Å². The van der Waals surface area contributed by atoms with Crippen molar-refractivity contribution < 1.29 is 4.42 Å². The Morgan fingerprint density at radius 3 is 2.65 bits per heavy atom. The highest BCUT2D eigenvalue weighted by Crippen LogP contribution is 2.24. The molecule has 0 radical (unpaired) electrons. The Hall–Kier alpha value is -2.19. The number of piperazine rings is 1. The second-order valence-electron chi connectivity index (χ2n) is 4.57. The van der Waals surface area contributed by atoms with Gasteiger partial charge in [-0.1, -0.05) is 17.7 Å². The maximum absolute atomic E-state index is 8.97. The summed E-state index contributed by atoms with van der Waals surface area (Å²) in [5, 5.41) is 9.72. The molecule has 0 aliphatic carbocycles. The predicted molar refractivity (Wildman–Crippen MR) is 77.1 cm³/mol. The van der Waals surface area contributed by atoms with E-state index in [4.69, 9.17) is 21.3 Å². The molecule has 3 rings (SSSR count). The van der Waals surface area contributed by atoms with Crippen molar-refractivity contribution >= 4 is 23.2 Å². The number of anilines is 2. The number of hydrogen-bond acceptors (Lipinski definition) is 5. The van der Waals surface area contributed by atoms with Gasteiger partial charge in [0, 0.05) is 36.9 Å². The lowest BCUT2D eigenvalue weighted by Crippen LogP contribution is -2.46. The summed E-state index contributed by atoms with van der Waals surface area (Å²) in [5.74, 6) is 0.568. The van der Waals surface area contributed by atoms with Crippen molar-refractivity contribution in [1.29, 1.82) is 5.26 Å². The lowest BCUT2D eigenvalue weighted by Gasteiger charge is -2.35. The molecule has 1 aliphatic heterocycles. The molecule has 0 amide bonds. The van der Waals surface area contributed by atoms with Gasteiger partial charge in [-0.25, -0.2) is 4.98 Å². The molecule has 5 nitrogen and oxygen atoms in total. The predicted octanol–water partition coefficient (Wildman–Crippen LogP) is 2.53. The Morgan fingerprint density at radius 2 is 1.95 bits per heavy atom. The molecular formula is C14H13ClN4O. The molecule has 2 aromatic rings. The molecule has 0 saturated carbocycles. The molecular weight excluding hydrogens is 276 g/mol. The average molecular weight is 289 g/mol. The van der Waals surface area contributed by atoms with Crippen molar-refractivity contribution in [2.45, 2.75) is 0 Å². The summed E-state index contributed by atoms with van der Waals surface area (Å²) in [6, 6.07) is 9.89. The molecule has 0 spiro atoms. The fourth-order valence-electron chi connectivity index (χ4n) is 2.38. The summed E-state index contributed by atoms with van der Waals surface area (Å²) in [6.45, 7) is 3.28. The van der Waals surface area contributed by atoms with Gasteiger partial charge >= 0.3 is 0 Å². The van der Waals surface area contributed by atoms with E-state index in [1.54, 1.807) is 0 Å². The van der Waals surface area contributed by atoms with Crippen molar-refractivity contribution in [1.82, 2.24) is 4.98 Å². The van der Waals surface area contributed by atoms with Gasteiger partial charge in [0.25, 0.3) is 0 Å². The van der Waals surface area contributed by atoms with E-state index in [1.807, 2.05) is 29.2 Å². The van der Waals surface area contributed by atoms with Gasteiger partial charge in [-0.15, -0.1) is 0 Å². The number of nitrogens with zero attached hydrogens (tertiary/aromatic N) is 4. The normalized spacial score (nSPS) is 15.2. The maximum atomic E-state index is 8.97. The number of halogens is 1. The fraction of sp³-hybridized carbons (Fsp3) is 0.286. The maximum Gasteiger partial charge on any atom is 0.234 e. The summed E-state index contributed by atoms with van der Waals surface area (Å²) in [7, 11) is 0. The van der Waals surface area contributed by atoms with Gasteiger partial charge in [0.2, 0.25) is 11.6 Å². The number of rotatable bonds is 2. The van der Waals surface area contributed by atoms with Crippen LogP contribution in [0.2, 0.25) is 5.02 Å². The van der Waals surface area contributed by atoms with Crippen LogP contribution in [0.4, 0.5) is 11.6 Å². The quantitative estimate of drug-likeness (QED) is 0.850. The van der Waals surface area contributed by atoms with E-state index in [-0.39, 0.29) is 0 Å². The smallest absolute Gasteiger partial charge is 0.234 e. The van der Waals surface area contributed by atoms with E-state index in [0.717, 1.165) is 36.9 Å². The lowest BCUT2D eigenvalue weighted by molar-refractivity contribution is 0.520. The third kappa shape index (κ3) is 2.43. The minimum Gasteiger partial charge on any atom is -0.426 e. The summed E-state index contributed by atoms with van der Waals surface area (Å²) in [4.78, 5) is 8.22. The van der Waals surface area contributed by atoms with E-state index in [1.165, 1.54) is 6.39 Å². The van der Waals surface area contributed by atoms with E-state index in [0.29, 0.717) is 11.6 Å². The van der Waals surface area contributed by atoms with Gasteiger partial charge in [-0.2, -0.15) is 5.26 Å². The summed E-state index contributed by atoms with van der Waals surface area (Å²) in [5.41, 5.74) is 1.47. The first-order chi connectivity index (χ1) is 9.78. The van der Waals surface area contributed by atoms with Crippen LogP contribution in [0, 0.1) is 11.3 Å². The molecule has 20 heavy (non-hydrogen) atoms. The second-order valence-corrected chi connectivity index (χ2v) is 5.01. The summed E-state index contributed by atoms with van der Waals surface area (Å²) >= 11 is 6.02. The third-order valence-electron chi connectivity index (χ3n) is 3.39. The Morgan fingerprint density at radius 1 is 1.20 bits per heavy atom. The Bertz CT molecular complexity index is 641. The zero-order valence-corrected chi connectivity index (χ0v) is 11.5. The third-order valence-corrected chi connectivity index (χ3v) is 3.63. The molecule has 102 valence electrons. The zero-order valence-electron chi connectivity index (χ0n) is 10.8. The topological polar surface area (TPSA) is 56.3 Å². The highest BCUT2D eigenvalue weighted by molar-refractivity contribution is 6.30. The standard InChI is InChI=1S/C14H13ClN4O/c15-11-2-1-3-12(8-11)18-4-6-19(7-5-18)14-13(9-16)17-10-20-14/h1-3,8,10H,4-7H2. The molecule has 2 heterocycles. The lowest BCUT2D eigenvalue weighted by atomic mass is 10.2. The molecule has 1 aromatic heterocycles. The minimum atomic E-state index is 0.348. The summed E-state index contributed by atoms with van der Waals surface area (Å²) in [6.07, 6.45) is 1.32. The molecule has 0 bridgehead atoms. The molecule has 1 aliphatic rings. The van der Waals surface area contributed by atoms with Gasteiger partial charge in [-0.3, -0.25) is 0 Å². The Balaban J connectivity index is 1.70. The van der Waals surface area contributed by atoms with Crippen LogP contribution in [0.3, 0.4) is 0 Å². The molecule has 1 fully saturated rings. The van der Waals surface area contributed by atoms with Crippen molar-refractivity contribution in [3.63, 3.8) is 0 Å². The number of oxazole rings is 1. The first kappa shape index (κ1) is 12.8. The van der Waals surface area contributed by atoms with Crippen LogP contribution in [0.15, 0.2) is 35.1 Å². The van der Waals surface area contributed by atoms with Crippen LogP contribution in [0.25, 0.3) is 0 Å². The highest BCUT2D eigenvalue weighted by atomic mass is 35.5. The Labute approximate surface area is 122 Å². The van der Waals surface area contributed by atoms with Crippen LogP contribution in [-0.4, -0.2) is 31.2 Å². The van der Waals surface area contributed by atoms with Crippen LogP contribution >= 0.6 is 11.6 Å². The first-order valence-electron chi connectivity index (χ1n) is 6.37. The molecule has 6 heteroatoms. The van der Waals surface area contributed by atoms with Crippen LogP contribution < -0.4 is 9.80 Å². The van der Waals surface area contributed by atoms with Gasteiger partial charge in [-0.05, 0) is 18.2 Å². The molecule has 1 saturated heterocycles. The number of aromatic nitrogens is 1. The summed E-state index contributed by atoms with van der Waals surface area (Å²) < 4.78 is 5.31. The zero-order chi connectivity index (χ0) is 13.9. The van der Waals surface area contributed by atoms with Crippen molar-refractivity contribution in [3.05, 3.63) is 41.4 Å². The average Bonchev–Trinajstić information content (AvgIpc) is 2.96. The van der Waals surface area contributed by atoms with Crippen LogP contribution in [-0.2, 0) is 0 Å². The molecule has 0 N–H and O–H groups in total. The SMILES string of the molecule is N#Cc1ncoc1N1CCN(c2cccc(Cl)c2)CC1. The van der Waals surface area contributed by atoms with Crippen molar-refractivity contribution in [3.8, 4) is 6.07 Å². The van der Waals surface area contributed by atoms with E-state index in [2.05, 4.69) is 16.0 Å². The van der Waals surface area contributed by atoms with E-state index < -0.39 is 0 Å². The van der Waals surface area contributed by atoms with Gasteiger partial charge in [0.1, 0.15) is 6.07 Å². The number of nitriles is 1. The van der Waals surface area contributed by atoms with Crippen LogP contribution in [0.1, 0.15) is 5.69 Å². The number of hydrogen-bond donors (Lipinski definition) is 0. The fourth-order valence-corrected chi connectivity index (χ4v) is 2.57. The van der Waals surface area contributed by atoms with E-state index in [9.17, 15) is 0 Å². The van der Waals surface area contributed by atoms with E-state index >= 15 is 0 Å². The monoisotopic (exact) mass is 288 g/mol. The van der Waals surface area contributed by atoms with Crippen molar-refractivity contribution in [2.75, 3.05) is 36.0 Å². The number of benzene rings is 1. The highest BCUT2D eigenvalue weighted by Gasteiger charge is 2.22. The molecule has 0 unspecified atom stereocenters. The van der Waals surface area contributed by atoms with Gasteiger partial charge in [0.05, 0.1) is 0 Å². The first-order valence-corrected chi connectivity index (χ1v) is 6.75. The van der Waals surface area contributed by atoms with Gasteiger partial charge in [0.15, 0.2) is 6.39 Å².